The molecule has 1 N–H and O–H groups in total. The van der Waals surface area contributed by atoms with Crippen molar-refractivity contribution in [3.8, 4) is 5.75 Å². The Hall–Kier alpha value is -0.840. The molecule has 0 aliphatic heterocycles. The zero-order chi connectivity index (χ0) is 14.9. The van der Waals surface area contributed by atoms with Crippen molar-refractivity contribution in [3.63, 3.8) is 0 Å². The first-order valence-corrected chi connectivity index (χ1v) is 7.81. The summed E-state index contributed by atoms with van der Waals surface area (Å²) in [5, 5.41) is 10.7. The Morgan fingerprint density at radius 3 is 2.30 bits per heavy atom. The smallest absolute Gasteiger partial charge is 0.128 e. The number of aliphatic hydroxyl groups is 1. The second kappa shape index (κ2) is 6.29. The third kappa shape index (κ3) is 2.92. The molecule has 2 rings (SSSR count). The average molecular weight is 400 g/mol. The Morgan fingerprint density at radius 2 is 1.70 bits per heavy atom. The van der Waals surface area contributed by atoms with E-state index in [2.05, 4.69) is 31.9 Å². The second-order valence-corrected chi connectivity index (χ2v) is 6.47. The highest BCUT2D eigenvalue weighted by Crippen LogP contribution is 2.37. The fraction of sp³-hybridized carbons (Fsp3) is 0.250. The van der Waals surface area contributed by atoms with Crippen molar-refractivity contribution in [3.05, 3.63) is 61.5 Å². The van der Waals surface area contributed by atoms with Crippen LogP contribution >= 0.6 is 31.9 Å². The molecule has 0 saturated carbocycles. The molecule has 0 radical (unpaired) electrons. The average Bonchev–Trinajstić information content (AvgIpc) is 2.41. The summed E-state index contributed by atoms with van der Waals surface area (Å²) in [6.07, 6.45) is -0.730. The molecule has 1 atom stereocenters. The van der Waals surface area contributed by atoms with Crippen LogP contribution in [0.4, 0.5) is 0 Å². The van der Waals surface area contributed by atoms with Crippen molar-refractivity contribution in [1.82, 2.24) is 0 Å². The maximum atomic E-state index is 10.7. The van der Waals surface area contributed by atoms with Gasteiger partial charge in [0.05, 0.1) is 7.11 Å². The summed E-state index contributed by atoms with van der Waals surface area (Å²) in [4.78, 5) is 0. The van der Waals surface area contributed by atoms with Gasteiger partial charge in [0, 0.05) is 14.5 Å². The summed E-state index contributed by atoms with van der Waals surface area (Å²) >= 11 is 6.91. The number of aliphatic hydroxyl groups excluding tert-OH is 1. The molecule has 0 aliphatic rings. The number of hydrogen-bond acceptors (Lipinski definition) is 2. The lowest BCUT2D eigenvalue weighted by molar-refractivity contribution is 0.213. The summed E-state index contributed by atoms with van der Waals surface area (Å²) in [6.45, 7) is 4.03. The van der Waals surface area contributed by atoms with Gasteiger partial charge in [-0.25, -0.2) is 0 Å². The quantitative estimate of drug-likeness (QED) is 0.793. The van der Waals surface area contributed by atoms with Crippen molar-refractivity contribution in [1.29, 1.82) is 0 Å². The van der Waals surface area contributed by atoms with Gasteiger partial charge in [0.2, 0.25) is 0 Å². The van der Waals surface area contributed by atoms with Crippen molar-refractivity contribution >= 4 is 31.9 Å². The Balaban J connectivity index is 2.53. The fourth-order valence-electron chi connectivity index (χ4n) is 2.19. The largest absolute Gasteiger partial charge is 0.496 e. The highest BCUT2D eigenvalue weighted by atomic mass is 79.9. The van der Waals surface area contributed by atoms with Gasteiger partial charge in [-0.2, -0.15) is 0 Å². The van der Waals surface area contributed by atoms with Gasteiger partial charge in [-0.1, -0.05) is 50.1 Å². The van der Waals surface area contributed by atoms with Crippen LogP contribution in [0.15, 0.2) is 39.3 Å². The van der Waals surface area contributed by atoms with E-state index in [1.165, 1.54) is 0 Å². The number of ether oxygens (including phenoxy) is 1. The van der Waals surface area contributed by atoms with E-state index in [0.29, 0.717) is 0 Å². The van der Waals surface area contributed by atoms with Crippen LogP contribution in [-0.2, 0) is 0 Å². The zero-order valence-corrected chi connectivity index (χ0v) is 14.7. The number of benzene rings is 2. The maximum Gasteiger partial charge on any atom is 0.128 e. The Morgan fingerprint density at radius 1 is 1.05 bits per heavy atom. The molecule has 0 heterocycles. The molecule has 20 heavy (non-hydrogen) atoms. The summed E-state index contributed by atoms with van der Waals surface area (Å²) in [5.74, 6) is 0.743. The third-order valence-corrected chi connectivity index (χ3v) is 4.64. The monoisotopic (exact) mass is 398 g/mol. The van der Waals surface area contributed by atoms with Gasteiger partial charge in [0.15, 0.2) is 0 Å². The van der Waals surface area contributed by atoms with Crippen LogP contribution in [0.25, 0.3) is 0 Å². The zero-order valence-electron chi connectivity index (χ0n) is 11.6. The van der Waals surface area contributed by atoms with Crippen LogP contribution in [0.3, 0.4) is 0 Å². The minimum absolute atomic E-state index is 0.730. The molecule has 2 aromatic carbocycles. The van der Waals surface area contributed by atoms with E-state index in [-0.39, 0.29) is 0 Å². The van der Waals surface area contributed by atoms with E-state index < -0.39 is 6.10 Å². The summed E-state index contributed by atoms with van der Waals surface area (Å²) in [5.41, 5.74) is 3.79. The van der Waals surface area contributed by atoms with Crippen LogP contribution in [0.1, 0.15) is 28.4 Å². The first-order chi connectivity index (χ1) is 9.45. The summed E-state index contributed by atoms with van der Waals surface area (Å²) < 4.78 is 7.30. The molecule has 1 unspecified atom stereocenters. The van der Waals surface area contributed by atoms with Crippen LogP contribution in [0.5, 0.6) is 5.75 Å². The number of halogens is 2. The van der Waals surface area contributed by atoms with Crippen molar-refractivity contribution in [2.24, 2.45) is 0 Å². The van der Waals surface area contributed by atoms with Gasteiger partial charge in [-0.3, -0.25) is 0 Å². The molecule has 0 spiro atoms. The predicted octanol–water partition coefficient (Wildman–Crippen LogP) is 4.92. The predicted molar refractivity (Wildman–Crippen MR) is 88.4 cm³/mol. The van der Waals surface area contributed by atoms with Gasteiger partial charge < -0.3 is 9.84 Å². The Bertz CT molecular complexity index is 639. The first-order valence-electron chi connectivity index (χ1n) is 6.22. The van der Waals surface area contributed by atoms with Gasteiger partial charge >= 0.3 is 0 Å². The molecule has 2 aromatic rings. The summed E-state index contributed by atoms with van der Waals surface area (Å²) in [6, 6.07) is 9.65. The lowest BCUT2D eigenvalue weighted by Crippen LogP contribution is -2.05. The molecule has 4 heteroatoms. The SMILES string of the molecule is COc1c(C(O)c2ccc(Br)cc2Br)ccc(C)c1C. The van der Waals surface area contributed by atoms with Crippen LogP contribution in [0.2, 0.25) is 0 Å². The number of aryl methyl sites for hydroxylation is 1. The minimum atomic E-state index is -0.730. The van der Waals surface area contributed by atoms with Gasteiger partial charge in [-0.15, -0.1) is 0 Å². The molecule has 0 fully saturated rings. The molecule has 2 nitrogen and oxygen atoms in total. The van der Waals surface area contributed by atoms with Crippen LogP contribution in [-0.4, -0.2) is 12.2 Å². The van der Waals surface area contributed by atoms with E-state index in [1.54, 1.807) is 7.11 Å². The van der Waals surface area contributed by atoms with Gasteiger partial charge in [0.1, 0.15) is 11.9 Å². The van der Waals surface area contributed by atoms with E-state index in [4.69, 9.17) is 4.74 Å². The third-order valence-electron chi connectivity index (χ3n) is 3.46. The summed E-state index contributed by atoms with van der Waals surface area (Å²) in [7, 11) is 1.63. The van der Waals surface area contributed by atoms with Crippen molar-refractivity contribution < 1.29 is 9.84 Å². The molecule has 0 saturated heterocycles. The van der Waals surface area contributed by atoms with E-state index in [9.17, 15) is 5.11 Å². The van der Waals surface area contributed by atoms with Crippen molar-refractivity contribution in [2.75, 3.05) is 7.11 Å². The molecule has 0 amide bonds. The van der Waals surface area contributed by atoms with Gasteiger partial charge in [-0.05, 0) is 42.7 Å². The molecule has 0 bridgehead atoms. The lowest BCUT2D eigenvalue weighted by Gasteiger charge is -2.19. The van der Waals surface area contributed by atoms with E-state index in [1.807, 2.05) is 44.2 Å². The molecular weight excluding hydrogens is 384 g/mol. The molecule has 0 aromatic heterocycles. The first kappa shape index (κ1) is 15.5. The molecular formula is C16H16Br2O2. The topological polar surface area (TPSA) is 29.5 Å². The van der Waals surface area contributed by atoms with Crippen LogP contribution < -0.4 is 4.74 Å². The molecule has 0 aliphatic carbocycles. The standard InChI is InChI=1S/C16H16Br2O2/c1-9-4-6-13(16(20-3)10(9)2)15(19)12-7-5-11(17)8-14(12)18/h4-8,15,19H,1-3H3. The molecule has 106 valence electrons. The van der Waals surface area contributed by atoms with Crippen molar-refractivity contribution in [2.45, 2.75) is 20.0 Å². The fourth-order valence-corrected chi connectivity index (χ4v) is 3.45. The lowest BCUT2D eigenvalue weighted by atomic mass is 9.96. The Kier molecular flexibility index (Phi) is 4.89. The number of methoxy groups -OCH3 is 1. The minimum Gasteiger partial charge on any atom is -0.496 e. The maximum absolute atomic E-state index is 10.7. The Labute approximate surface area is 136 Å². The highest BCUT2D eigenvalue weighted by molar-refractivity contribution is 9.11. The van der Waals surface area contributed by atoms with E-state index >= 15 is 0 Å². The highest BCUT2D eigenvalue weighted by Gasteiger charge is 2.19. The second-order valence-electron chi connectivity index (χ2n) is 4.70. The number of rotatable bonds is 3. The van der Waals surface area contributed by atoms with Crippen LogP contribution in [0, 0.1) is 13.8 Å². The number of hydrogen-bond donors (Lipinski definition) is 1. The van der Waals surface area contributed by atoms with Gasteiger partial charge in [0.25, 0.3) is 0 Å². The van der Waals surface area contributed by atoms with E-state index in [0.717, 1.165) is 36.9 Å². The normalized spacial score (nSPS) is 12.3.